The molecule has 0 amide bonds. The lowest BCUT2D eigenvalue weighted by Gasteiger charge is -2.21. The van der Waals surface area contributed by atoms with Gasteiger partial charge in [-0.2, -0.15) is 0 Å². The predicted molar refractivity (Wildman–Crippen MR) is 62.6 cm³/mol. The van der Waals surface area contributed by atoms with Crippen molar-refractivity contribution in [3.05, 3.63) is 29.7 Å². The van der Waals surface area contributed by atoms with Crippen LogP contribution < -0.4 is 5.32 Å². The maximum absolute atomic E-state index is 4.33. The zero-order valence-electron chi connectivity index (χ0n) is 9.48. The third-order valence-corrected chi connectivity index (χ3v) is 3.24. The number of nitrogens with one attached hydrogen (secondary N) is 1. The minimum absolute atomic E-state index is 0.505. The quantitative estimate of drug-likeness (QED) is 0.785. The van der Waals surface area contributed by atoms with Crippen LogP contribution in [0.4, 0.5) is 0 Å². The van der Waals surface area contributed by atoms with E-state index in [9.17, 15) is 0 Å². The van der Waals surface area contributed by atoms with Crippen molar-refractivity contribution in [1.29, 1.82) is 0 Å². The highest BCUT2D eigenvalue weighted by atomic mass is 15.2. The SMILES string of the molecule is Cc1ccc2nnc(C3CCCNC3)n2c1. The first-order chi connectivity index (χ1) is 7.84. The van der Waals surface area contributed by atoms with Crippen LogP contribution in [0.5, 0.6) is 0 Å². The maximum atomic E-state index is 4.33. The summed E-state index contributed by atoms with van der Waals surface area (Å²) in [6.45, 7) is 4.25. The van der Waals surface area contributed by atoms with Crippen LogP contribution in [0, 0.1) is 6.92 Å². The molecule has 1 unspecified atom stereocenters. The van der Waals surface area contributed by atoms with Crippen molar-refractivity contribution in [2.24, 2.45) is 0 Å². The molecule has 4 nitrogen and oxygen atoms in total. The van der Waals surface area contributed by atoms with Gasteiger partial charge in [-0.15, -0.1) is 10.2 Å². The van der Waals surface area contributed by atoms with E-state index in [-0.39, 0.29) is 0 Å². The van der Waals surface area contributed by atoms with Crippen molar-refractivity contribution in [3.8, 4) is 0 Å². The minimum atomic E-state index is 0.505. The Morgan fingerprint density at radius 1 is 1.38 bits per heavy atom. The molecule has 0 spiro atoms. The van der Waals surface area contributed by atoms with E-state index in [4.69, 9.17) is 0 Å². The number of aryl methyl sites for hydroxylation is 1. The third-order valence-electron chi connectivity index (χ3n) is 3.24. The molecule has 0 radical (unpaired) electrons. The number of rotatable bonds is 1. The molecular weight excluding hydrogens is 200 g/mol. The van der Waals surface area contributed by atoms with E-state index in [0.717, 1.165) is 24.6 Å². The molecule has 1 saturated heterocycles. The summed E-state index contributed by atoms with van der Waals surface area (Å²) in [7, 11) is 0. The molecule has 0 aromatic carbocycles. The van der Waals surface area contributed by atoms with E-state index in [2.05, 4.69) is 39.1 Å². The lowest BCUT2D eigenvalue weighted by atomic mass is 9.99. The number of nitrogens with zero attached hydrogens (tertiary/aromatic N) is 3. The first-order valence-corrected chi connectivity index (χ1v) is 5.86. The summed E-state index contributed by atoms with van der Waals surface area (Å²) >= 11 is 0. The number of hydrogen-bond donors (Lipinski definition) is 1. The standard InChI is InChI=1S/C12H16N4/c1-9-4-5-11-14-15-12(16(11)8-9)10-3-2-6-13-7-10/h4-5,8,10,13H,2-3,6-7H2,1H3. The highest BCUT2D eigenvalue weighted by Crippen LogP contribution is 2.22. The molecule has 1 atom stereocenters. The van der Waals surface area contributed by atoms with Gasteiger partial charge in [-0.25, -0.2) is 0 Å². The van der Waals surface area contributed by atoms with E-state index in [1.54, 1.807) is 0 Å². The van der Waals surface area contributed by atoms with Crippen LogP contribution in [0.3, 0.4) is 0 Å². The summed E-state index contributed by atoms with van der Waals surface area (Å²) < 4.78 is 2.13. The van der Waals surface area contributed by atoms with Gasteiger partial charge in [0, 0.05) is 18.7 Å². The Morgan fingerprint density at radius 2 is 2.31 bits per heavy atom. The molecule has 0 saturated carbocycles. The number of hydrogen-bond acceptors (Lipinski definition) is 3. The first-order valence-electron chi connectivity index (χ1n) is 5.86. The predicted octanol–water partition coefficient (Wildman–Crippen LogP) is 1.50. The van der Waals surface area contributed by atoms with Gasteiger partial charge in [0.15, 0.2) is 5.65 Å². The lowest BCUT2D eigenvalue weighted by Crippen LogP contribution is -2.29. The smallest absolute Gasteiger partial charge is 0.160 e. The summed E-state index contributed by atoms with van der Waals surface area (Å²) in [5, 5.41) is 12.0. The van der Waals surface area contributed by atoms with Crippen LogP contribution in [0.25, 0.3) is 5.65 Å². The summed E-state index contributed by atoms with van der Waals surface area (Å²) in [6, 6.07) is 4.11. The Labute approximate surface area is 94.7 Å². The van der Waals surface area contributed by atoms with E-state index >= 15 is 0 Å². The van der Waals surface area contributed by atoms with Gasteiger partial charge in [-0.3, -0.25) is 4.40 Å². The van der Waals surface area contributed by atoms with Gasteiger partial charge in [0.2, 0.25) is 0 Å². The molecule has 1 aliphatic heterocycles. The number of fused-ring (bicyclic) bond motifs is 1. The highest BCUT2D eigenvalue weighted by Gasteiger charge is 2.20. The van der Waals surface area contributed by atoms with Crippen LogP contribution in [-0.2, 0) is 0 Å². The summed E-state index contributed by atoms with van der Waals surface area (Å²) in [6.07, 6.45) is 4.56. The third kappa shape index (κ3) is 1.59. The van der Waals surface area contributed by atoms with Gasteiger partial charge in [0.25, 0.3) is 0 Å². The zero-order valence-corrected chi connectivity index (χ0v) is 9.48. The largest absolute Gasteiger partial charge is 0.316 e. The normalized spacial score (nSPS) is 21.4. The van der Waals surface area contributed by atoms with Gasteiger partial charge < -0.3 is 5.32 Å². The van der Waals surface area contributed by atoms with E-state index in [1.807, 2.05) is 6.07 Å². The van der Waals surface area contributed by atoms with Crippen molar-refractivity contribution in [2.75, 3.05) is 13.1 Å². The summed E-state index contributed by atoms with van der Waals surface area (Å²) in [4.78, 5) is 0. The number of piperidine rings is 1. The fourth-order valence-electron chi connectivity index (χ4n) is 2.37. The summed E-state index contributed by atoms with van der Waals surface area (Å²) in [5.74, 6) is 1.61. The van der Waals surface area contributed by atoms with Crippen LogP contribution in [0.15, 0.2) is 18.3 Å². The van der Waals surface area contributed by atoms with Crippen molar-refractivity contribution in [2.45, 2.75) is 25.7 Å². The second kappa shape index (κ2) is 3.87. The molecule has 2 aromatic rings. The van der Waals surface area contributed by atoms with E-state index < -0.39 is 0 Å². The van der Waals surface area contributed by atoms with Crippen molar-refractivity contribution in [3.63, 3.8) is 0 Å². The van der Waals surface area contributed by atoms with Crippen LogP contribution >= 0.6 is 0 Å². The Balaban J connectivity index is 2.05. The minimum Gasteiger partial charge on any atom is -0.316 e. The van der Waals surface area contributed by atoms with Crippen LogP contribution in [-0.4, -0.2) is 27.7 Å². The second-order valence-electron chi connectivity index (χ2n) is 4.54. The fraction of sp³-hybridized carbons (Fsp3) is 0.500. The summed E-state index contributed by atoms with van der Waals surface area (Å²) in [5.41, 5.74) is 2.20. The number of pyridine rings is 1. The Kier molecular flexibility index (Phi) is 2.36. The van der Waals surface area contributed by atoms with E-state index in [0.29, 0.717) is 5.92 Å². The Hall–Kier alpha value is -1.42. The monoisotopic (exact) mass is 216 g/mol. The molecule has 1 aliphatic rings. The molecule has 2 aromatic heterocycles. The molecule has 4 heteroatoms. The highest BCUT2D eigenvalue weighted by molar-refractivity contribution is 5.39. The molecule has 0 aliphatic carbocycles. The van der Waals surface area contributed by atoms with Crippen LogP contribution in [0.1, 0.15) is 30.1 Å². The van der Waals surface area contributed by atoms with Crippen molar-refractivity contribution < 1.29 is 0 Å². The van der Waals surface area contributed by atoms with Crippen molar-refractivity contribution >= 4 is 5.65 Å². The van der Waals surface area contributed by atoms with Gasteiger partial charge in [-0.05, 0) is 37.9 Å². The first kappa shape index (κ1) is 9.78. The molecular formula is C12H16N4. The molecule has 0 bridgehead atoms. The van der Waals surface area contributed by atoms with Crippen LogP contribution in [0.2, 0.25) is 0 Å². The maximum Gasteiger partial charge on any atom is 0.160 e. The Morgan fingerprint density at radius 3 is 3.12 bits per heavy atom. The lowest BCUT2D eigenvalue weighted by molar-refractivity contribution is 0.444. The molecule has 1 fully saturated rings. The average Bonchev–Trinajstić information content (AvgIpc) is 2.73. The second-order valence-corrected chi connectivity index (χ2v) is 4.54. The van der Waals surface area contributed by atoms with Gasteiger partial charge in [-0.1, -0.05) is 6.07 Å². The van der Waals surface area contributed by atoms with E-state index in [1.165, 1.54) is 18.4 Å². The molecule has 84 valence electrons. The molecule has 3 heterocycles. The zero-order chi connectivity index (χ0) is 11.0. The molecule has 1 N–H and O–H groups in total. The van der Waals surface area contributed by atoms with Gasteiger partial charge in [0.1, 0.15) is 5.82 Å². The van der Waals surface area contributed by atoms with Gasteiger partial charge in [0.05, 0.1) is 0 Å². The molecule has 16 heavy (non-hydrogen) atoms. The number of aromatic nitrogens is 3. The van der Waals surface area contributed by atoms with Gasteiger partial charge >= 0.3 is 0 Å². The molecule has 3 rings (SSSR count). The average molecular weight is 216 g/mol. The Bertz CT molecular complexity index is 497. The topological polar surface area (TPSA) is 42.2 Å². The van der Waals surface area contributed by atoms with Crippen molar-refractivity contribution in [1.82, 2.24) is 19.9 Å². The fourth-order valence-corrected chi connectivity index (χ4v) is 2.37.